The van der Waals surface area contributed by atoms with Crippen LogP contribution in [0.1, 0.15) is 98.8 Å². The zero-order valence-electron chi connectivity index (χ0n) is 63.0. The van der Waals surface area contributed by atoms with Gasteiger partial charge in [0.05, 0.1) is 70.7 Å². The first-order chi connectivity index (χ1) is 53.1. The minimum absolute atomic E-state index is 0.0447. The zero-order valence-corrected chi connectivity index (χ0v) is 63.0. The summed E-state index contributed by atoms with van der Waals surface area (Å²) in [5, 5.41) is 235. The van der Waals surface area contributed by atoms with E-state index in [0.29, 0.717) is 43.1 Å². The molecule has 0 aromatic carbocycles. The van der Waals surface area contributed by atoms with Crippen LogP contribution >= 0.6 is 0 Å². The highest BCUT2D eigenvalue weighted by molar-refractivity contribution is 5.17. The Labute approximate surface area is 645 Å². The molecule has 0 amide bonds. The van der Waals surface area contributed by atoms with Crippen molar-refractivity contribution in [1.29, 1.82) is 0 Å². The van der Waals surface area contributed by atoms with E-state index in [1.807, 2.05) is 0 Å². The lowest BCUT2D eigenvalue weighted by Crippen LogP contribution is -2.68. The molecule has 49 atom stereocenters. The molecule has 14 rings (SSSR count). The standard InChI is InChI=1S/C73H118O39/c1-24-9-14-73(99-19-24)25(2)40-35(112-73)16-32-30-8-7-28-15-29(10-12-71(28,5)31(30)11-13-72(32,40)6)102-69-61(51(88)45(82)38(106-69)22-97-63-53(90)48(85)41(78)26(3)100-63)110-70-62(111-65-52(89)43(80)33(76)20-95-65)60(46(83)37(18-75)104-70)109-66-56(93)58(34(77)21-96-66)107-68-57(94)59(108-67-55(92)50(87)44(81)36(17-74)103-67)47(84)39(105-68)23-98-64-54(91)49(86)42(79)27(4)101-64/h25-70,74-94H,1,7-23H2,2-6H3/t25-,26-,27-,28-,29-,30+,31-,32-,33+,34-,35-,36+,37+,38+,39+,40-,41-,42-,43-,44+,45-,46+,47+,48+,49+,50-,51-,52+,53+,54+,55+,56+,57+,58-,59-,60-,61+,62+,63+,64+,65-,66-,67-,68-,69+,70-,71-,72-,73+/m0/s1. The third kappa shape index (κ3) is 16.1. The molecule has 10 heterocycles. The second-order valence-electron chi connectivity index (χ2n) is 34.3. The van der Waals surface area contributed by atoms with Crippen LogP contribution in [0.4, 0.5) is 0 Å². The van der Waals surface area contributed by atoms with Gasteiger partial charge in [-0.1, -0.05) is 32.9 Å². The van der Waals surface area contributed by atoms with Crippen molar-refractivity contribution in [3.05, 3.63) is 12.2 Å². The zero-order chi connectivity index (χ0) is 80.4. The Bertz CT molecular complexity index is 3090. The van der Waals surface area contributed by atoms with Gasteiger partial charge in [0.25, 0.3) is 0 Å². The lowest BCUT2D eigenvalue weighted by molar-refractivity contribution is -0.409. The highest BCUT2D eigenvalue weighted by Crippen LogP contribution is 2.72. The first-order valence-corrected chi connectivity index (χ1v) is 39.6. The number of aliphatic hydroxyl groups is 21. The summed E-state index contributed by atoms with van der Waals surface area (Å²) in [4.78, 5) is 0. The van der Waals surface area contributed by atoms with Crippen LogP contribution in [-0.4, -0.2) is 405 Å². The summed E-state index contributed by atoms with van der Waals surface area (Å²) in [5.41, 5.74) is 0.993. The van der Waals surface area contributed by atoms with Gasteiger partial charge >= 0.3 is 0 Å². The molecule has 0 bridgehead atoms. The predicted molar refractivity (Wildman–Crippen MR) is 364 cm³/mol. The lowest BCUT2D eigenvalue weighted by Gasteiger charge is -2.61. The van der Waals surface area contributed by atoms with E-state index in [9.17, 15) is 107 Å². The first-order valence-electron chi connectivity index (χ1n) is 39.6. The average Bonchev–Trinajstić information content (AvgIpc) is 1.51. The van der Waals surface area contributed by atoms with E-state index < -0.39 is 285 Å². The maximum absolute atomic E-state index is 12.6. The Kier molecular flexibility index (Phi) is 26.7. The van der Waals surface area contributed by atoms with Gasteiger partial charge in [-0.25, -0.2) is 0 Å². The van der Waals surface area contributed by atoms with Crippen molar-refractivity contribution in [3.8, 4) is 0 Å². The Morgan fingerprint density at radius 1 is 0.402 bits per heavy atom. The normalized spacial score (nSPS) is 56.8. The summed E-state index contributed by atoms with van der Waals surface area (Å²) in [5.74, 6) is 1.32. The number of hydrogen-bond donors (Lipinski definition) is 21. The molecule has 1 spiro atoms. The maximum atomic E-state index is 12.6. The van der Waals surface area contributed by atoms with E-state index in [4.69, 9.17) is 85.3 Å². The lowest BCUT2D eigenvalue weighted by atomic mass is 9.44. The van der Waals surface area contributed by atoms with Gasteiger partial charge in [0.15, 0.2) is 56.1 Å². The quantitative estimate of drug-likeness (QED) is 0.0398. The van der Waals surface area contributed by atoms with E-state index in [1.165, 1.54) is 13.8 Å². The second kappa shape index (κ2) is 34.6. The van der Waals surface area contributed by atoms with Crippen molar-refractivity contribution in [2.45, 2.75) is 350 Å². The fraction of sp³-hybridized carbons (Fsp3) is 0.973. The van der Waals surface area contributed by atoms with Gasteiger partial charge in [0.2, 0.25) is 0 Å². The van der Waals surface area contributed by atoms with Crippen LogP contribution in [0.15, 0.2) is 12.2 Å². The minimum Gasteiger partial charge on any atom is -0.394 e. The summed E-state index contributed by atoms with van der Waals surface area (Å²) in [7, 11) is 0. The third-order valence-corrected chi connectivity index (χ3v) is 27.7. The van der Waals surface area contributed by atoms with E-state index in [0.717, 1.165) is 56.9 Å². The molecular weight excluding hydrogens is 1500 g/mol. The van der Waals surface area contributed by atoms with Crippen LogP contribution in [0.2, 0.25) is 0 Å². The summed E-state index contributed by atoms with van der Waals surface area (Å²) in [6, 6.07) is 0. The van der Waals surface area contributed by atoms with Crippen LogP contribution in [-0.2, 0) is 85.3 Å². The number of rotatable bonds is 20. The number of fused-ring (bicyclic) bond motifs is 7. The molecular formula is C73H118O39. The number of aliphatic hydroxyl groups excluding tert-OH is 21. The van der Waals surface area contributed by atoms with Crippen LogP contribution in [0.3, 0.4) is 0 Å². The molecule has 4 saturated carbocycles. The Hall–Kier alpha value is -1.82. The van der Waals surface area contributed by atoms with Crippen molar-refractivity contribution in [2.75, 3.05) is 46.2 Å². The van der Waals surface area contributed by atoms with Crippen molar-refractivity contribution in [3.63, 3.8) is 0 Å². The van der Waals surface area contributed by atoms with E-state index in [1.54, 1.807) is 0 Å². The van der Waals surface area contributed by atoms with Crippen molar-refractivity contribution < 1.29 is 193 Å². The molecule has 39 heteroatoms. The monoisotopic (exact) mass is 1620 g/mol. The van der Waals surface area contributed by atoms with Crippen LogP contribution < -0.4 is 0 Å². The third-order valence-electron chi connectivity index (χ3n) is 27.7. The van der Waals surface area contributed by atoms with Crippen LogP contribution in [0, 0.1) is 46.3 Å². The molecule has 0 aromatic rings. The fourth-order valence-corrected chi connectivity index (χ4v) is 21.0. The van der Waals surface area contributed by atoms with E-state index in [-0.39, 0.29) is 28.8 Å². The van der Waals surface area contributed by atoms with Gasteiger partial charge in [-0.2, -0.15) is 0 Å². The van der Waals surface area contributed by atoms with Crippen LogP contribution in [0.5, 0.6) is 0 Å². The van der Waals surface area contributed by atoms with Crippen molar-refractivity contribution in [1.82, 2.24) is 0 Å². The molecule has 10 aliphatic heterocycles. The Balaban J connectivity index is 0.720. The summed E-state index contributed by atoms with van der Waals surface area (Å²) in [6.45, 7) is 9.66. The first kappa shape index (κ1) is 86.6. The summed E-state index contributed by atoms with van der Waals surface area (Å²) >= 11 is 0. The van der Waals surface area contributed by atoms with E-state index >= 15 is 0 Å². The van der Waals surface area contributed by atoms with Crippen molar-refractivity contribution in [2.24, 2.45) is 46.3 Å². The topological polar surface area (TPSA) is 591 Å². The molecule has 644 valence electrons. The predicted octanol–water partition coefficient (Wildman–Crippen LogP) is -8.36. The molecule has 14 fully saturated rings. The summed E-state index contributed by atoms with van der Waals surface area (Å²) < 4.78 is 111. The number of ether oxygens (including phenoxy) is 18. The van der Waals surface area contributed by atoms with E-state index in [2.05, 4.69) is 27.4 Å². The van der Waals surface area contributed by atoms with Gasteiger partial charge < -0.3 is 193 Å². The highest BCUT2D eigenvalue weighted by atomic mass is 16.8. The smallest absolute Gasteiger partial charge is 0.187 e. The minimum atomic E-state index is -2.29. The van der Waals surface area contributed by atoms with Crippen molar-refractivity contribution >= 4 is 0 Å². The molecule has 10 saturated heterocycles. The summed E-state index contributed by atoms with van der Waals surface area (Å²) in [6.07, 6.45) is -63.4. The number of hydrogen-bond acceptors (Lipinski definition) is 39. The highest BCUT2D eigenvalue weighted by Gasteiger charge is 2.70. The Morgan fingerprint density at radius 3 is 1.54 bits per heavy atom. The second-order valence-corrected chi connectivity index (χ2v) is 34.3. The Morgan fingerprint density at radius 2 is 0.893 bits per heavy atom. The molecule has 0 aromatic heterocycles. The van der Waals surface area contributed by atoms with Gasteiger partial charge in [-0.15, -0.1) is 0 Å². The van der Waals surface area contributed by atoms with Gasteiger partial charge in [-0.3, -0.25) is 0 Å². The van der Waals surface area contributed by atoms with Crippen LogP contribution in [0.25, 0.3) is 0 Å². The van der Waals surface area contributed by atoms with Gasteiger partial charge in [0, 0.05) is 12.3 Å². The molecule has 39 nitrogen and oxygen atoms in total. The maximum Gasteiger partial charge on any atom is 0.187 e. The molecule has 21 N–H and O–H groups in total. The average molecular weight is 1620 g/mol. The molecule has 0 unspecified atom stereocenters. The molecule has 0 radical (unpaired) electrons. The molecule has 4 aliphatic carbocycles. The van der Waals surface area contributed by atoms with Gasteiger partial charge in [0.1, 0.15) is 171 Å². The molecule has 14 aliphatic rings. The van der Waals surface area contributed by atoms with Gasteiger partial charge in [-0.05, 0) is 112 Å². The SMILES string of the molecule is C=C1CC[C@@]2(OC1)O[C@H]1C[C@H]3[C@@H]4CC[C@H]5C[C@@H](O[C@@H]6O[C@H](CO[C@@H]7O[C@@H](C)[C@H](O)[C@@H](O)[C@H]7O)[C@H](O)[C@H](O)[C@H]6O[C@@H]6O[C@H](CO)[C@@H](O)[C@H](O[C@@H]7OC[C@H](O)[C@H](O[C@@H]8O[C@H](CO[C@@H]9O[C@@H](C)[C@H](O)[C@@H](O)[C@H]9O)[C@@H](O)[C@H](O[C@@H]9O[C@H](CO)[C@@H](O)[C@H](O)[C@H]9O)[C@H]8O)[C@H]7O)[C@H]6O[C@@H]6OC[C@@H](O)[C@H](O)[C@H]6O)CC[C@]5(C)[C@H]4CC[C@]3(C)[C@H]1[C@@H]2C. The largest absolute Gasteiger partial charge is 0.394 e. The molecule has 112 heavy (non-hydrogen) atoms. The fourth-order valence-electron chi connectivity index (χ4n) is 21.0.